The van der Waals surface area contributed by atoms with Gasteiger partial charge in [0, 0.05) is 64.6 Å². The number of benzene rings is 4. The first-order valence-corrected chi connectivity index (χ1v) is 18.9. The van der Waals surface area contributed by atoms with Crippen molar-refractivity contribution in [3.05, 3.63) is 125 Å². The van der Waals surface area contributed by atoms with Crippen molar-refractivity contribution in [1.29, 1.82) is 0 Å². The number of piperidine rings is 1. The van der Waals surface area contributed by atoms with Gasteiger partial charge in [-0.1, -0.05) is 67.6 Å². The number of hydrogen-bond acceptors (Lipinski definition) is 8. The zero-order valence-corrected chi connectivity index (χ0v) is 30.7. The van der Waals surface area contributed by atoms with Gasteiger partial charge >= 0.3 is 0 Å². The van der Waals surface area contributed by atoms with E-state index < -0.39 is 0 Å². The predicted molar refractivity (Wildman–Crippen MR) is 209 cm³/mol. The lowest BCUT2D eigenvalue weighted by atomic mass is 9.88. The zero-order valence-electron chi connectivity index (χ0n) is 30.7. The molecule has 1 unspecified atom stereocenters. The van der Waals surface area contributed by atoms with Gasteiger partial charge in [0.2, 0.25) is 11.8 Å². The molecule has 2 aliphatic heterocycles. The Labute approximate surface area is 313 Å². The number of ether oxygens (including phenoxy) is 3. The number of anilines is 1. The third-order valence-electron chi connectivity index (χ3n) is 9.75. The van der Waals surface area contributed by atoms with Crippen LogP contribution in [0.25, 0.3) is 11.1 Å². The Hall–Kier alpha value is -4.96. The number of amides is 2. The van der Waals surface area contributed by atoms with Gasteiger partial charge in [-0.15, -0.1) is 0 Å². The SMILES string of the molecule is CCC(=C(c1ccc(O)cc1)c1ccc(OCCCOCCCOCCCNc2ccc3c(c2)CN(C2CCC(=O)NC2=O)C3)cc1)c1ccccc1. The molecule has 0 spiro atoms. The molecule has 4 aromatic rings. The van der Waals surface area contributed by atoms with Crippen LogP contribution in [0.5, 0.6) is 11.5 Å². The predicted octanol–water partition coefficient (Wildman–Crippen LogP) is 7.58. The van der Waals surface area contributed by atoms with E-state index in [9.17, 15) is 14.7 Å². The van der Waals surface area contributed by atoms with Gasteiger partial charge < -0.3 is 24.6 Å². The van der Waals surface area contributed by atoms with Crippen molar-refractivity contribution in [2.45, 2.75) is 64.6 Å². The number of hydrogen-bond donors (Lipinski definition) is 3. The van der Waals surface area contributed by atoms with E-state index in [0.29, 0.717) is 45.9 Å². The van der Waals surface area contributed by atoms with Crippen LogP contribution in [0.4, 0.5) is 5.69 Å². The second-order valence-electron chi connectivity index (χ2n) is 13.6. The number of nitrogens with one attached hydrogen (secondary N) is 2. The number of imide groups is 1. The maximum absolute atomic E-state index is 12.3. The largest absolute Gasteiger partial charge is 0.508 e. The summed E-state index contributed by atoms with van der Waals surface area (Å²) in [5.74, 6) is 0.726. The number of aromatic hydroxyl groups is 1. The van der Waals surface area contributed by atoms with Crippen molar-refractivity contribution < 1.29 is 28.9 Å². The summed E-state index contributed by atoms with van der Waals surface area (Å²) in [6.45, 7) is 7.69. The average molecular weight is 718 g/mol. The molecule has 4 aromatic carbocycles. The van der Waals surface area contributed by atoms with Crippen molar-refractivity contribution in [2.75, 3.05) is 44.9 Å². The van der Waals surface area contributed by atoms with E-state index in [1.807, 2.05) is 30.3 Å². The van der Waals surface area contributed by atoms with E-state index >= 15 is 0 Å². The normalized spacial score (nSPS) is 16.2. The summed E-state index contributed by atoms with van der Waals surface area (Å²) < 4.78 is 17.6. The Kier molecular flexibility index (Phi) is 13.7. The molecule has 6 rings (SSSR count). The molecule has 2 heterocycles. The number of rotatable bonds is 19. The molecule has 0 aromatic heterocycles. The van der Waals surface area contributed by atoms with Gasteiger partial charge in [-0.05, 0) is 101 Å². The van der Waals surface area contributed by atoms with Crippen LogP contribution in [0.1, 0.15) is 73.3 Å². The van der Waals surface area contributed by atoms with E-state index in [1.54, 1.807) is 12.1 Å². The Morgan fingerprint density at radius 3 is 2.13 bits per heavy atom. The first-order chi connectivity index (χ1) is 26.0. The molecular formula is C44H51N3O6. The molecule has 0 bridgehead atoms. The van der Waals surface area contributed by atoms with Gasteiger partial charge in [0.25, 0.3) is 0 Å². The molecule has 1 atom stereocenters. The Morgan fingerprint density at radius 2 is 1.43 bits per heavy atom. The molecule has 9 heteroatoms. The van der Waals surface area contributed by atoms with Crippen LogP contribution in [0, 0.1) is 0 Å². The summed E-state index contributed by atoms with van der Waals surface area (Å²) in [7, 11) is 0. The second-order valence-corrected chi connectivity index (χ2v) is 13.6. The zero-order chi connectivity index (χ0) is 36.8. The lowest BCUT2D eigenvalue weighted by molar-refractivity contribution is -0.137. The molecule has 1 saturated heterocycles. The number of phenols is 1. The van der Waals surface area contributed by atoms with Crippen molar-refractivity contribution in [3.8, 4) is 11.5 Å². The maximum atomic E-state index is 12.3. The molecule has 0 aliphatic carbocycles. The summed E-state index contributed by atoms with van der Waals surface area (Å²) in [5, 5.41) is 15.9. The standard InChI is InChI=1S/C44H51N3O6/c1-2-40(32-9-4-3-5-10-32)43(33-12-17-38(48)18-13-33)34-14-19-39(20-15-34)53-28-8-27-52-26-7-25-51-24-6-23-45-37-16-11-35-30-47(31-36(35)29-37)41-21-22-42(49)46-44(41)50/h3-5,9-20,29,41,45,48H,2,6-8,21-28,30-31H2,1H3,(H,46,49,50). The van der Waals surface area contributed by atoms with Crippen molar-refractivity contribution in [3.63, 3.8) is 0 Å². The number of fused-ring (bicyclic) bond motifs is 1. The van der Waals surface area contributed by atoms with Crippen LogP contribution in [-0.2, 0) is 32.2 Å². The van der Waals surface area contributed by atoms with Gasteiger partial charge in [0.15, 0.2) is 0 Å². The Morgan fingerprint density at radius 1 is 0.774 bits per heavy atom. The van der Waals surface area contributed by atoms with Crippen LogP contribution in [0.3, 0.4) is 0 Å². The number of allylic oxidation sites excluding steroid dienone is 1. The van der Waals surface area contributed by atoms with E-state index in [4.69, 9.17) is 14.2 Å². The number of phenolic OH excluding ortho intramolecular Hbond substituents is 1. The van der Waals surface area contributed by atoms with Crippen LogP contribution in [-0.4, -0.2) is 67.4 Å². The molecule has 53 heavy (non-hydrogen) atoms. The maximum Gasteiger partial charge on any atom is 0.243 e. The number of carbonyl (C=O) groups excluding carboxylic acids is 2. The Bertz CT molecular complexity index is 1820. The first-order valence-electron chi connectivity index (χ1n) is 18.9. The number of carbonyl (C=O) groups is 2. The van der Waals surface area contributed by atoms with Crippen molar-refractivity contribution in [1.82, 2.24) is 10.2 Å². The summed E-state index contributed by atoms with van der Waals surface area (Å²) >= 11 is 0. The fourth-order valence-electron chi connectivity index (χ4n) is 7.03. The molecule has 2 aliphatic rings. The van der Waals surface area contributed by atoms with Crippen molar-refractivity contribution in [2.24, 2.45) is 0 Å². The molecule has 0 saturated carbocycles. The third-order valence-corrected chi connectivity index (χ3v) is 9.75. The molecule has 1 fully saturated rings. The van der Waals surface area contributed by atoms with Gasteiger partial charge in [-0.3, -0.25) is 19.8 Å². The van der Waals surface area contributed by atoms with E-state index in [2.05, 4.69) is 77.1 Å². The van der Waals surface area contributed by atoms with E-state index in [1.165, 1.54) is 22.3 Å². The lowest BCUT2D eigenvalue weighted by Crippen LogP contribution is -2.50. The van der Waals surface area contributed by atoms with E-state index in [-0.39, 0.29) is 23.6 Å². The lowest BCUT2D eigenvalue weighted by Gasteiger charge is -2.29. The molecule has 278 valence electrons. The summed E-state index contributed by atoms with van der Waals surface area (Å²) in [6.07, 6.45) is 4.42. The Balaban J connectivity index is 0.828. The highest BCUT2D eigenvalue weighted by Crippen LogP contribution is 2.36. The monoisotopic (exact) mass is 717 g/mol. The van der Waals surface area contributed by atoms with Crippen LogP contribution >= 0.6 is 0 Å². The fourth-order valence-corrected chi connectivity index (χ4v) is 7.03. The van der Waals surface area contributed by atoms with Crippen molar-refractivity contribution >= 4 is 28.6 Å². The molecular weight excluding hydrogens is 666 g/mol. The third kappa shape index (κ3) is 10.6. The van der Waals surface area contributed by atoms with E-state index in [0.717, 1.165) is 73.5 Å². The number of nitrogens with zero attached hydrogens (tertiary/aromatic N) is 1. The quantitative estimate of drug-likeness (QED) is 0.0518. The minimum atomic E-state index is -0.236. The summed E-state index contributed by atoms with van der Waals surface area (Å²) in [4.78, 5) is 25.9. The molecule has 0 radical (unpaired) electrons. The minimum absolute atomic E-state index is 0.176. The summed E-state index contributed by atoms with van der Waals surface area (Å²) in [5.41, 5.74) is 9.30. The van der Waals surface area contributed by atoms with Gasteiger partial charge in [-0.25, -0.2) is 0 Å². The highest BCUT2D eigenvalue weighted by Gasteiger charge is 2.34. The van der Waals surface area contributed by atoms with Gasteiger partial charge in [0.05, 0.1) is 12.6 Å². The highest BCUT2D eigenvalue weighted by molar-refractivity contribution is 6.00. The highest BCUT2D eigenvalue weighted by atomic mass is 16.5. The smallest absolute Gasteiger partial charge is 0.243 e. The molecule has 9 nitrogen and oxygen atoms in total. The first kappa shape index (κ1) is 37.8. The summed E-state index contributed by atoms with van der Waals surface area (Å²) in [6, 6.07) is 32.3. The van der Waals surface area contributed by atoms with Crippen LogP contribution < -0.4 is 15.4 Å². The second kappa shape index (κ2) is 19.2. The molecule has 2 amide bonds. The minimum Gasteiger partial charge on any atom is -0.508 e. The van der Waals surface area contributed by atoms with Gasteiger partial charge in [0.1, 0.15) is 11.5 Å². The van der Waals surface area contributed by atoms with Crippen LogP contribution in [0.2, 0.25) is 0 Å². The topological polar surface area (TPSA) is 109 Å². The fraction of sp³-hybridized carbons (Fsp3) is 0.364. The van der Waals surface area contributed by atoms with Crippen LogP contribution in [0.15, 0.2) is 97.1 Å². The van der Waals surface area contributed by atoms with Gasteiger partial charge in [-0.2, -0.15) is 0 Å². The average Bonchev–Trinajstić information content (AvgIpc) is 3.60. The molecule has 3 N–H and O–H groups in total.